The Morgan fingerprint density at radius 1 is 1.38 bits per heavy atom. The summed E-state index contributed by atoms with van der Waals surface area (Å²) in [6, 6.07) is 4.00. The second kappa shape index (κ2) is 5.35. The third kappa shape index (κ3) is 4.30. The molecule has 0 fully saturated rings. The molecule has 1 aromatic heterocycles. The predicted octanol–water partition coefficient (Wildman–Crippen LogP) is 2.00. The first-order chi connectivity index (χ1) is 6.29. The first kappa shape index (κ1) is 9.77. The summed E-state index contributed by atoms with van der Waals surface area (Å²) in [5, 5.41) is 9.99. The molecule has 1 heterocycles. The van der Waals surface area contributed by atoms with Crippen molar-refractivity contribution >= 4 is 0 Å². The fourth-order valence-electron chi connectivity index (χ4n) is 1.26. The zero-order valence-corrected chi connectivity index (χ0v) is 7.53. The van der Waals surface area contributed by atoms with E-state index in [1.165, 1.54) is 5.69 Å². The number of unbranched alkanes of at least 4 members (excludes halogenated alkanes) is 2. The lowest BCUT2D eigenvalue weighted by Crippen LogP contribution is -2.00. The molecule has 0 saturated carbocycles. The molecule has 0 radical (unpaired) electrons. The van der Waals surface area contributed by atoms with E-state index in [9.17, 15) is 10.1 Å². The maximum Gasteiger partial charge on any atom is 0.203 e. The average Bonchev–Trinajstić information content (AvgIpc) is 2.55. The third-order valence-electron chi connectivity index (χ3n) is 1.95. The van der Waals surface area contributed by atoms with Gasteiger partial charge in [0.25, 0.3) is 0 Å². The molecule has 0 aliphatic rings. The maximum absolute atomic E-state index is 9.99. The van der Waals surface area contributed by atoms with Crippen LogP contribution in [-0.4, -0.2) is 16.5 Å². The van der Waals surface area contributed by atoms with Gasteiger partial charge in [-0.15, -0.1) is 0 Å². The zero-order chi connectivity index (χ0) is 9.52. The molecule has 0 aliphatic heterocycles. The van der Waals surface area contributed by atoms with Crippen LogP contribution in [0, 0.1) is 10.1 Å². The summed E-state index contributed by atoms with van der Waals surface area (Å²) in [6.45, 7) is 0.102. The summed E-state index contributed by atoms with van der Waals surface area (Å²) in [5.41, 5.74) is 1.21. The van der Waals surface area contributed by atoms with Gasteiger partial charge < -0.3 is 4.98 Å². The Morgan fingerprint density at radius 3 is 2.85 bits per heavy atom. The van der Waals surface area contributed by atoms with Crippen molar-refractivity contribution in [1.82, 2.24) is 4.98 Å². The minimum Gasteiger partial charge on any atom is -0.365 e. The summed E-state index contributed by atoms with van der Waals surface area (Å²) in [4.78, 5) is 12.8. The van der Waals surface area contributed by atoms with Gasteiger partial charge in [0.1, 0.15) is 0 Å². The van der Waals surface area contributed by atoms with Crippen LogP contribution < -0.4 is 0 Å². The van der Waals surface area contributed by atoms with Gasteiger partial charge in [-0.3, -0.25) is 10.1 Å². The predicted molar refractivity (Wildman–Crippen MR) is 50.2 cm³/mol. The smallest absolute Gasteiger partial charge is 0.203 e. The number of hydrogen-bond acceptors (Lipinski definition) is 2. The number of nitro groups is 1. The van der Waals surface area contributed by atoms with Gasteiger partial charge in [-0.05, 0) is 31.4 Å². The van der Waals surface area contributed by atoms with Crippen LogP contribution in [0.3, 0.4) is 0 Å². The van der Waals surface area contributed by atoms with Gasteiger partial charge in [0, 0.05) is 23.2 Å². The summed E-state index contributed by atoms with van der Waals surface area (Å²) in [6.07, 6.45) is 5.53. The highest BCUT2D eigenvalue weighted by Gasteiger charge is 1.97. The number of aromatic amines is 1. The van der Waals surface area contributed by atoms with Crippen molar-refractivity contribution in [2.24, 2.45) is 0 Å². The van der Waals surface area contributed by atoms with Crippen molar-refractivity contribution in [1.29, 1.82) is 0 Å². The molecule has 13 heavy (non-hydrogen) atoms. The van der Waals surface area contributed by atoms with Crippen LogP contribution in [-0.2, 0) is 6.42 Å². The highest BCUT2D eigenvalue weighted by atomic mass is 16.6. The number of aryl methyl sites for hydroxylation is 1. The van der Waals surface area contributed by atoms with Gasteiger partial charge in [0.2, 0.25) is 6.54 Å². The van der Waals surface area contributed by atoms with Crippen LogP contribution in [0.5, 0.6) is 0 Å². The summed E-state index contributed by atoms with van der Waals surface area (Å²) >= 11 is 0. The fourth-order valence-corrected chi connectivity index (χ4v) is 1.26. The first-order valence-electron chi connectivity index (χ1n) is 4.53. The number of aromatic nitrogens is 1. The highest BCUT2D eigenvalue weighted by Crippen LogP contribution is 2.03. The van der Waals surface area contributed by atoms with Crippen molar-refractivity contribution in [2.45, 2.75) is 25.7 Å². The summed E-state index contributed by atoms with van der Waals surface area (Å²) in [7, 11) is 0. The topological polar surface area (TPSA) is 58.9 Å². The van der Waals surface area contributed by atoms with Crippen LogP contribution >= 0.6 is 0 Å². The van der Waals surface area contributed by atoms with Gasteiger partial charge >= 0.3 is 0 Å². The SMILES string of the molecule is O=[N+]([O-])CCCCCc1ccc[nH]1. The van der Waals surface area contributed by atoms with Crippen LogP contribution in [0.2, 0.25) is 0 Å². The van der Waals surface area contributed by atoms with Crippen LogP contribution in [0.25, 0.3) is 0 Å². The molecule has 0 aromatic carbocycles. The Kier molecular flexibility index (Phi) is 4.02. The molecule has 1 aromatic rings. The van der Waals surface area contributed by atoms with Gasteiger partial charge in [0.05, 0.1) is 0 Å². The zero-order valence-electron chi connectivity index (χ0n) is 7.53. The summed E-state index contributed by atoms with van der Waals surface area (Å²) in [5.74, 6) is 0. The van der Waals surface area contributed by atoms with Crippen molar-refractivity contribution in [3.05, 3.63) is 34.1 Å². The van der Waals surface area contributed by atoms with Gasteiger partial charge in [-0.25, -0.2) is 0 Å². The van der Waals surface area contributed by atoms with Crippen LogP contribution in [0.4, 0.5) is 0 Å². The minimum absolute atomic E-state index is 0.102. The van der Waals surface area contributed by atoms with Gasteiger partial charge in [0.15, 0.2) is 0 Å². The van der Waals surface area contributed by atoms with Crippen molar-refractivity contribution in [3.63, 3.8) is 0 Å². The number of nitrogens with one attached hydrogen (secondary N) is 1. The Balaban J connectivity index is 1.99. The molecule has 72 valence electrons. The Labute approximate surface area is 77.1 Å². The molecule has 4 nitrogen and oxygen atoms in total. The van der Waals surface area contributed by atoms with E-state index in [0.717, 1.165) is 19.3 Å². The lowest BCUT2D eigenvalue weighted by atomic mass is 10.1. The second-order valence-electron chi connectivity index (χ2n) is 3.06. The molecule has 0 unspecified atom stereocenters. The van der Waals surface area contributed by atoms with E-state index < -0.39 is 0 Å². The largest absolute Gasteiger partial charge is 0.365 e. The molecule has 1 rings (SSSR count). The van der Waals surface area contributed by atoms with Gasteiger partial charge in [-0.1, -0.05) is 0 Å². The van der Waals surface area contributed by atoms with Crippen molar-refractivity contribution in [2.75, 3.05) is 6.54 Å². The van der Waals surface area contributed by atoms with E-state index in [1.807, 2.05) is 18.3 Å². The molecule has 0 aliphatic carbocycles. The molecule has 0 atom stereocenters. The molecular weight excluding hydrogens is 168 g/mol. The van der Waals surface area contributed by atoms with Crippen LogP contribution in [0.1, 0.15) is 25.0 Å². The lowest BCUT2D eigenvalue weighted by Gasteiger charge is -1.96. The van der Waals surface area contributed by atoms with E-state index in [2.05, 4.69) is 4.98 Å². The molecule has 0 spiro atoms. The van der Waals surface area contributed by atoms with Crippen LogP contribution in [0.15, 0.2) is 18.3 Å². The monoisotopic (exact) mass is 182 g/mol. The second-order valence-corrected chi connectivity index (χ2v) is 3.06. The molecular formula is C9H14N2O2. The van der Waals surface area contributed by atoms with Crippen molar-refractivity contribution in [3.8, 4) is 0 Å². The highest BCUT2D eigenvalue weighted by molar-refractivity contribution is 5.03. The Morgan fingerprint density at radius 2 is 2.23 bits per heavy atom. The Hall–Kier alpha value is -1.32. The van der Waals surface area contributed by atoms with E-state index >= 15 is 0 Å². The molecule has 4 heteroatoms. The molecule has 0 amide bonds. The fraction of sp³-hybridized carbons (Fsp3) is 0.556. The maximum atomic E-state index is 9.99. The first-order valence-corrected chi connectivity index (χ1v) is 4.53. The van der Waals surface area contributed by atoms with E-state index in [4.69, 9.17) is 0 Å². The van der Waals surface area contributed by atoms with Gasteiger partial charge in [-0.2, -0.15) is 0 Å². The molecule has 0 bridgehead atoms. The molecule has 0 saturated heterocycles. The summed E-state index contributed by atoms with van der Waals surface area (Å²) < 4.78 is 0. The minimum atomic E-state index is -0.255. The number of nitrogens with zero attached hydrogens (tertiary/aromatic N) is 1. The number of H-pyrrole nitrogens is 1. The quantitative estimate of drug-likeness (QED) is 0.415. The molecule has 1 N–H and O–H groups in total. The average molecular weight is 182 g/mol. The Bertz CT molecular complexity index is 244. The van der Waals surface area contributed by atoms with Crippen molar-refractivity contribution < 1.29 is 4.92 Å². The third-order valence-corrected chi connectivity index (χ3v) is 1.95. The van der Waals surface area contributed by atoms with E-state index in [0.29, 0.717) is 6.42 Å². The standard InChI is InChI=1S/C9H14N2O2/c12-11(13)8-3-1-2-5-9-6-4-7-10-9/h4,6-7,10H,1-3,5,8H2. The van der Waals surface area contributed by atoms with E-state index in [-0.39, 0.29) is 11.5 Å². The van der Waals surface area contributed by atoms with E-state index in [1.54, 1.807) is 0 Å². The lowest BCUT2D eigenvalue weighted by molar-refractivity contribution is -0.480. The number of hydrogen-bond donors (Lipinski definition) is 1. The normalized spacial score (nSPS) is 10.2. The number of rotatable bonds is 6.